The number of hydrogen-bond donors (Lipinski definition) is 1. The predicted molar refractivity (Wildman–Crippen MR) is 90.3 cm³/mol. The van der Waals surface area contributed by atoms with Crippen LogP contribution in [-0.2, 0) is 6.54 Å². The smallest absolute Gasteiger partial charge is 0.140 e. The Morgan fingerprint density at radius 3 is 2.62 bits per heavy atom. The van der Waals surface area contributed by atoms with Crippen LogP contribution >= 0.6 is 27.5 Å². The molecule has 0 radical (unpaired) electrons. The Hall–Kier alpha value is -1.78. The third-order valence-corrected chi connectivity index (χ3v) is 3.84. The Morgan fingerprint density at radius 2 is 1.90 bits per heavy atom. The van der Waals surface area contributed by atoms with Crippen molar-refractivity contribution < 1.29 is 0 Å². The fraction of sp³-hybridized carbons (Fsp3) is 0.0625. The molecule has 3 nitrogen and oxygen atoms in total. The second kappa shape index (κ2) is 5.92. The van der Waals surface area contributed by atoms with E-state index in [0.29, 0.717) is 5.02 Å². The van der Waals surface area contributed by atoms with Gasteiger partial charge in [0.25, 0.3) is 0 Å². The molecule has 3 rings (SSSR count). The van der Waals surface area contributed by atoms with Gasteiger partial charge >= 0.3 is 0 Å². The van der Waals surface area contributed by atoms with Crippen LogP contribution in [0.15, 0.2) is 59.3 Å². The van der Waals surface area contributed by atoms with E-state index in [1.165, 1.54) is 5.56 Å². The number of anilines is 1. The van der Waals surface area contributed by atoms with Crippen LogP contribution in [0.5, 0.6) is 0 Å². The van der Waals surface area contributed by atoms with Crippen LogP contribution in [0.3, 0.4) is 0 Å². The number of nitrogens with two attached hydrogens (primary N) is 1. The van der Waals surface area contributed by atoms with Crippen LogP contribution in [0.25, 0.3) is 11.4 Å². The minimum atomic E-state index is 0.682. The Labute approximate surface area is 136 Å². The van der Waals surface area contributed by atoms with E-state index in [2.05, 4.69) is 25.5 Å². The number of nitrogens with zero attached hydrogens (tertiary/aromatic N) is 2. The Kier molecular flexibility index (Phi) is 3.99. The zero-order chi connectivity index (χ0) is 14.8. The van der Waals surface area contributed by atoms with E-state index >= 15 is 0 Å². The number of imidazole rings is 1. The number of hydrogen-bond acceptors (Lipinski definition) is 2. The van der Waals surface area contributed by atoms with E-state index in [1.54, 1.807) is 6.20 Å². The van der Waals surface area contributed by atoms with Gasteiger partial charge in [-0.3, -0.25) is 0 Å². The maximum atomic E-state index is 6.12. The van der Waals surface area contributed by atoms with Crippen LogP contribution in [0.2, 0.25) is 5.02 Å². The van der Waals surface area contributed by atoms with Gasteiger partial charge in [0.15, 0.2) is 0 Å². The number of halogens is 2. The fourth-order valence-electron chi connectivity index (χ4n) is 2.20. The molecule has 21 heavy (non-hydrogen) atoms. The van der Waals surface area contributed by atoms with Crippen molar-refractivity contribution in [2.75, 3.05) is 5.73 Å². The Bertz CT molecular complexity index is 745. The van der Waals surface area contributed by atoms with Crippen LogP contribution in [0.1, 0.15) is 5.56 Å². The molecule has 0 atom stereocenters. The fourth-order valence-corrected chi connectivity index (χ4v) is 3.06. The van der Waals surface area contributed by atoms with Crippen molar-refractivity contribution in [1.29, 1.82) is 0 Å². The van der Waals surface area contributed by atoms with E-state index < -0.39 is 0 Å². The van der Waals surface area contributed by atoms with Gasteiger partial charge in [-0.25, -0.2) is 4.98 Å². The highest BCUT2D eigenvalue weighted by molar-refractivity contribution is 9.10. The Morgan fingerprint density at radius 1 is 1.14 bits per heavy atom. The molecule has 3 aromatic rings. The second-order valence-corrected chi connectivity index (χ2v) is 6.13. The maximum Gasteiger partial charge on any atom is 0.140 e. The molecule has 0 bridgehead atoms. The second-order valence-electron chi connectivity index (χ2n) is 4.78. The zero-order valence-corrected chi connectivity index (χ0v) is 13.5. The van der Waals surface area contributed by atoms with Gasteiger partial charge in [-0.15, -0.1) is 0 Å². The van der Waals surface area contributed by atoms with Gasteiger partial charge in [-0.05, 0) is 35.9 Å². The highest BCUT2D eigenvalue weighted by atomic mass is 79.9. The van der Waals surface area contributed by atoms with Gasteiger partial charge < -0.3 is 10.3 Å². The molecule has 0 unspecified atom stereocenters. The van der Waals surface area contributed by atoms with E-state index in [-0.39, 0.29) is 0 Å². The molecule has 0 amide bonds. The molecule has 0 fully saturated rings. The van der Waals surface area contributed by atoms with E-state index in [0.717, 1.165) is 28.1 Å². The summed E-state index contributed by atoms with van der Waals surface area (Å²) in [6, 6.07) is 13.6. The van der Waals surface area contributed by atoms with Crippen LogP contribution in [0, 0.1) is 0 Å². The van der Waals surface area contributed by atoms with E-state index in [9.17, 15) is 0 Å². The third kappa shape index (κ3) is 3.28. The first-order valence-corrected chi connectivity index (χ1v) is 7.61. The first-order chi connectivity index (χ1) is 10.1. The lowest BCUT2D eigenvalue weighted by Gasteiger charge is -2.09. The lowest BCUT2D eigenvalue weighted by Crippen LogP contribution is -2.01. The number of rotatable bonds is 3. The summed E-state index contributed by atoms with van der Waals surface area (Å²) in [6.07, 6.45) is 3.75. The predicted octanol–water partition coefficient (Wildman–Crippen LogP) is 4.60. The summed E-state index contributed by atoms with van der Waals surface area (Å²) in [7, 11) is 0. The molecule has 0 saturated heterocycles. The first-order valence-electron chi connectivity index (χ1n) is 6.44. The van der Waals surface area contributed by atoms with Crippen molar-refractivity contribution >= 4 is 33.2 Å². The average molecular weight is 363 g/mol. The molecule has 0 spiro atoms. The molecular weight excluding hydrogens is 350 g/mol. The van der Waals surface area contributed by atoms with Crippen molar-refractivity contribution in [1.82, 2.24) is 9.55 Å². The first kappa shape index (κ1) is 14.2. The van der Waals surface area contributed by atoms with Crippen molar-refractivity contribution in [2.45, 2.75) is 6.54 Å². The maximum absolute atomic E-state index is 6.12. The van der Waals surface area contributed by atoms with Crippen LogP contribution in [-0.4, -0.2) is 9.55 Å². The lowest BCUT2D eigenvalue weighted by atomic mass is 10.2. The molecule has 0 saturated carbocycles. The monoisotopic (exact) mass is 361 g/mol. The molecule has 2 aromatic carbocycles. The van der Waals surface area contributed by atoms with Gasteiger partial charge in [0.05, 0.1) is 0 Å². The molecule has 5 heteroatoms. The summed E-state index contributed by atoms with van der Waals surface area (Å²) in [5.41, 5.74) is 8.63. The van der Waals surface area contributed by atoms with Crippen molar-refractivity contribution in [2.24, 2.45) is 0 Å². The largest absolute Gasteiger partial charge is 0.399 e. The molecule has 2 N–H and O–H groups in total. The Balaban J connectivity index is 1.95. The SMILES string of the molecule is Nc1ccc(Cn2ccnc2-c2cc(Cl)cc(Br)c2)cc1. The summed E-state index contributed by atoms with van der Waals surface area (Å²) in [5, 5.41) is 0.682. The highest BCUT2D eigenvalue weighted by Gasteiger charge is 2.08. The van der Waals surface area contributed by atoms with Gasteiger partial charge in [0.1, 0.15) is 5.82 Å². The van der Waals surface area contributed by atoms with Crippen molar-refractivity contribution in [3.63, 3.8) is 0 Å². The van der Waals surface area contributed by atoms with E-state index in [1.807, 2.05) is 48.7 Å². The molecule has 106 valence electrons. The quantitative estimate of drug-likeness (QED) is 0.692. The highest BCUT2D eigenvalue weighted by Crippen LogP contribution is 2.27. The van der Waals surface area contributed by atoms with Gasteiger partial charge in [-0.1, -0.05) is 39.7 Å². The molecular formula is C16H13BrClN3. The normalized spacial score (nSPS) is 10.8. The van der Waals surface area contributed by atoms with Crippen LogP contribution in [0.4, 0.5) is 5.69 Å². The summed E-state index contributed by atoms with van der Waals surface area (Å²) >= 11 is 9.58. The standard InChI is InChI=1S/C16H13BrClN3/c17-13-7-12(8-14(18)9-13)16-20-5-6-21(16)10-11-1-3-15(19)4-2-11/h1-9H,10,19H2. The summed E-state index contributed by atoms with van der Waals surface area (Å²) < 4.78 is 3.02. The third-order valence-electron chi connectivity index (χ3n) is 3.17. The topological polar surface area (TPSA) is 43.8 Å². The summed E-state index contributed by atoms with van der Waals surface area (Å²) in [4.78, 5) is 4.44. The molecule has 0 aliphatic rings. The minimum Gasteiger partial charge on any atom is -0.399 e. The number of benzene rings is 2. The van der Waals surface area contributed by atoms with Crippen molar-refractivity contribution in [3.05, 3.63) is 69.9 Å². The number of aromatic nitrogens is 2. The molecule has 0 aliphatic carbocycles. The molecule has 0 aliphatic heterocycles. The van der Waals surface area contributed by atoms with Gasteiger partial charge in [0, 0.05) is 39.7 Å². The molecule has 1 heterocycles. The number of nitrogen functional groups attached to an aromatic ring is 1. The molecule has 1 aromatic heterocycles. The zero-order valence-electron chi connectivity index (χ0n) is 11.1. The minimum absolute atomic E-state index is 0.682. The van der Waals surface area contributed by atoms with Crippen molar-refractivity contribution in [3.8, 4) is 11.4 Å². The van der Waals surface area contributed by atoms with Gasteiger partial charge in [0.2, 0.25) is 0 Å². The summed E-state index contributed by atoms with van der Waals surface area (Å²) in [5.74, 6) is 0.884. The average Bonchev–Trinajstić information content (AvgIpc) is 2.88. The summed E-state index contributed by atoms with van der Waals surface area (Å²) in [6.45, 7) is 0.736. The van der Waals surface area contributed by atoms with Gasteiger partial charge in [-0.2, -0.15) is 0 Å². The lowest BCUT2D eigenvalue weighted by molar-refractivity contribution is 0.807. The van der Waals surface area contributed by atoms with Crippen LogP contribution < -0.4 is 5.73 Å². The van der Waals surface area contributed by atoms with E-state index in [4.69, 9.17) is 17.3 Å².